The summed E-state index contributed by atoms with van der Waals surface area (Å²) in [4.78, 5) is 19.6. The molecule has 1 N–H and O–H groups in total. The summed E-state index contributed by atoms with van der Waals surface area (Å²) in [5.41, 5.74) is 2.49. The number of carbonyl (C=O) groups is 1. The van der Waals surface area contributed by atoms with Crippen LogP contribution in [0.15, 0.2) is 40.9 Å². The van der Waals surface area contributed by atoms with E-state index >= 15 is 0 Å². The summed E-state index contributed by atoms with van der Waals surface area (Å²) in [7, 11) is 0. The molecule has 2 heterocycles. The van der Waals surface area contributed by atoms with Crippen LogP contribution in [0.3, 0.4) is 0 Å². The van der Waals surface area contributed by atoms with E-state index in [0.29, 0.717) is 17.0 Å². The maximum absolute atomic E-state index is 11.1. The zero-order chi connectivity index (χ0) is 13.4. The number of aryl methyl sites for hydroxylation is 1. The molecule has 0 saturated carbocycles. The van der Waals surface area contributed by atoms with Gasteiger partial charge in [0, 0.05) is 11.9 Å². The van der Waals surface area contributed by atoms with Gasteiger partial charge in [-0.2, -0.15) is 0 Å². The average molecular weight is 254 g/mol. The van der Waals surface area contributed by atoms with Crippen molar-refractivity contribution in [2.75, 3.05) is 0 Å². The third-order valence-electron chi connectivity index (χ3n) is 2.89. The Bertz CT molecular complexity index is 777. The molecule has 5 heteroatoms. The second kappa shape index (κ2) is 4.20. The molecular formula is C14H10N2O3. The van der Waals surface area contributed by atoms with Gasteiger partial charge in [-0.25, -0.2) is 9.78 Å². The lowest BCUT2D eigenvalue weighted by Crippen LogP contribution is -1.96. The summed E-state index contributed by atoms with van der Waals surface area (Å²) in [6.45, 7) is 1.85. The maximum atomic E-state index is 11.1. The third-order valence-corrected chi connectivity index (χ3v) is 2.89. The highest BCUT2D eigenvalue weighted by atomic mass is 16.4. The monoisotopic (exact) mass is 254 g/mol. The van der Waals surface area contributed by atoms with Crippen molar-refractivity contribution in [2.45, 2.75) is 6.92 Å². The lowest BCUT2D eigenvalue weighted by Gasteiger charge is -1.97. The standard InChI is InChI=1S/C14H10N2O3/c1-8-9(5-3-7-15-8)13-16-12-10(14(17)18)4-2-6-11(12)19-13/h2-7H,1H3,(H,17,18). The Morgan fingerprint density at radius 3 is 2.84 bits per heavy atom. The Hall–Kier alpha value is -2.69. The summed E-state index contributed by atoms with van der Waals surface area (Å²) in [6.07, 6.45) is 1.68. The van der Waals surface area contributed by atoms with Crippen LogP contribution in [0, 0.1) is 6.92 Å². The first-order valence-corrected chi connectivity index (χ1v) is 5.71. The smallest absolute Gasteiger partial charge is 0.338 e. The molecule has 2 aromatic heterocycles. The number of carboxylic acids is 1. The number of pyridine rings is 1. The molecule has 3 rings (SSSR count). The van der Waals surface area contributed by atoms with Gasteiger partial charge in [0.25, 0.3) is 0 Å². The SMILES string of the molecule is Cc1ncccc1-c1nc2c(C(=O)O)cccc2o1. The number of hydrogen-bond acceptors (Lipinski definition) is 4. The summed E-state index contributed by atoms with van der Waals surface area (Å²) in [5.74, 6) is -0.636. The molecule has 1 aromatic carbocycles. The van der Waals surface area contributed by atoms with Gasteiger partial charge in [0.15, 0.2) is 5.58 Å². The van der Waals surface area contributed by atoms with E-state index in [9.17, 15) is 4.79 Å². The molecule has 0 aliphatic rings. The fourth-order valence-corrected chi connectivity index (χ4v) is 1.95. The predicted molar refractivity (Wildman–Crippen MR) is 68.9 cm³/mol. The number of nitrogens with zero attached hydrogens (tertiary/aromatic N) is 2. The molecule has 0 atom stereocenters. The van der Waals surface area contributed by atoms with Gasteiger partial charge in [-0.1, -0.05) is 6.07 Å². The van der Waals surface area contributed by atoms with Gasteiger partial charge in [0.05, 0.1) is 11.1 Å². The Balaban J connectivity index is 2.26. The van der Waals surface area contributed by atoms with Crippen LogP contribution in [0.4, 0.5) is 0 Å². The highest BCUT2D eigenvalue weighted by Crippen LogP contribution is 2.27. The molecular weight excluding hydrogens is 244 g/mol. The van der Waals surface area contributed by atoms with Gasteiger partial charge in [0.2, 0.25) is 5.89 Å². The van der Waals surface area contributed by atoms with Crippen molar-refractivity contribution >= 4 is 17.1 Å². The zero-order valence-electron chi connectivity index (χ0n) is 10.1. The molecule has 0 bridgehead atoms. The van der Waals surface area contributed by atoms with Crippen LogP contribution in [0.2, 0.25) is 0 Å². The molecule has 0 aliphatic carbocycles. The largest absolute Gasteiger partial charge is 0.478 e. The summed E-state index contributed by atoms with van der Waals surface area (Å²) < 4.78 is 5.61. The molecule has 5 nitrogen and oxygen atoms in total. The Morgan fingerprint density at radius 2 is 2.11 bits per heavy atom. The van der Waals surface area contributed by atoms with Crippen molar-refractivity contribution in [1.29, 1.82) is 0 Å². The van der Waals surface area contributed by atoms with Crippen molar-refractivity contribution < 1.29 is 14.3 Å². The quantitative estimate of drug-likeness (QED) is 0.760. The lowest BCUT2D eigenvalue weighted by atomic mass is 10.2. The number of benzene rings is 1. The topological polar surface area (TPSA) is 76.2 Å². The van der Waals surface area contributed by atoms with Crippen LogP contribution in [0.5, 0.6) is 0 Å². The molecule has 0 radical (unpaired) electrons. The van der Waals surface area contributed by atoms with E-state index in [1.807, 2.05) is 13.0 Å². The summed E-state index contributed by atoms with van der Waals surface area (Å²) in [5, 5.41) is 9.12. The molecule has 0 aliphatic heterocycles. The van der Waals surface area contributed by atoms with Gasteiger partial charge < -0.3 is 9.52 Å². The predicted octanol–water partition coefficient (Wildman–Crippen LogP) is 2.90. The van der Waals surface area contributed by atoms with E-state index in [0.717, 1.165) is 11.3 Å². The number of aromatic nitrogens is 2. The average Bonchev–Trinajstić information content (AvgIpc) is 2.82. The zero-order valence-corrected chi connectivity index (χ0v) is 10.1. The van der Waals surface area contributed by atoms with E-state index < -0.39 is 5.97 Å². The number of aromatic carboxylic acids is 1. The van der Waals surface area contributed by atoms with E-state index in [4.69, 9.17) is 9.52 Å². The summed E-state index contributed by atoms with van der Waals surface area (Å²) >= 11 is 0. The number of carboxylic acid groups (broad SMARTS) is 1. The molecule has 0 saturated heterocycles. The summed E-state index contributed by atoms with van der Waals surface area (Å²) in [6, 6.07) is 8.47. The maximum Gasteiger partial charge on any atom is 0.338 e. The lowest BCUT2D eigenvalue weighted by molar-refractivity contribution is 0.0699. The van der Waals surface area contributed by atoms with E-state index in [1.165, 1.54) is 6.07 Å². The Labute approximate surface area is 108 Å². The van der Waals surface area contributed by atoms with Gasteiger partial charge in [-0.05, 0) is 31.2 Å². The number of fused-ring (bicyclic) bond motifs is 1. The first-order valence-electron chi connectivity index (χ1n) is 5.71. The minimum Gasteiger partial charge on any atom is -0.478 e. The van der Waals surface area contributed by atoms with Crippen molar-refractivity contribution in [3.05, 3.63) is 47.8 Å². The van der Waals surface area contributed by atoms with Crippen LogP contribution in [0.1, 0.15) is 16.1 Å². The second-order valence-electron chi connectivity index (χ2n) is 4.11. The Morgan fingerprint density at radius 1 is 1.26 bits per heavy atom. The normalized spacial score (nSPS) is 10.8. The number of hydrogen-bond donors (Lipinski definition) is 1. The van der Waals surface area contributed by atoms with Gasteiger partial charge in [0.1, 0.15) is 5.52 Å². The van der Waals surface area contributed by atoms with Crippen LogP contribution < -0.4 is 0 Å². The van der Waals surface area contributed by atoms with Crippen molar-refractivity contribution in [3.8, 4) is 11.5 Å². The van der Waals surface area contributed by atoms with Crippen molar-refractivity contribution in [3.63, 3.8) is 0 Å². The molecule has 0 spiro atoms. The fourth-order valence-electron chi connectivity index (χ4n) is 1.95. The van der Waals surface area contributed by atoms with E-state index in [-0.39, 0.29) is 5.56 Å². The van der Waals surface area contributed by atoms with Gasteiger partial charge >= 0.3 is 5.97 Å². The molecule has 0 unspecified atom stereocenters. The molecule has 0 fully saturated rings. The first kappa shape index (κ1) is 11.4. The minimum atomic E-state index is -1.02. The molecule has 94 valence electrons. The first-order chi connectivity index (χ1) is 9.16. The van der Waals surface area contributed by atoms with Crippen molar-refractivity contribution in [2.24, 2.45) is 0 Å². The van der Waals surface area contributed by atoms with Gasteiger partial charge in [-0.15, -0.1) is 0 Å². The van der Waals surface area contributed by atoms with Crippen molar-refractivity contribution in [1.82, 2.24) is 9.97 Å². The number of oxazole rings is 1. The fraction of sp³-hybridized carbons (Fsp3) is 0.0714. The minimum absolute atomic E-state index is 0.133. The number of para-hydroxylation sites is 1. The van der Waals surface area contributed by atoms with Crippen LogP contribution >= 0.6 is 0 Å². The van der Waals surface area contributed by atoms with E-state index in [1.54, 1.807) is 24.4 Å². The second-order valence-corrected chi connectivity index (χ2v) is 4.11. The molecule has 0 amide bonds. The molecule has 3 aromatic rings. The van der Waals surface area contributed by atoms with E-state index in [2.05, 4.69) is 9.97 Å². The van der Waals surface area contributed by atoms with Crippen LogP contribution in [0.25, 0.3) is 22.6 Å². The third kappa shape index (κ3) is 1.85. The highest BCUT2D eigenvalue weighted by Gasteiger charge is 2.16. The number of rotatable bonds is 2. The van der Waals surface area contributed by atoms with Crippen LogP contribution in [-0.2, 0) is 0 Å². The molecule has 19 heavy (non-hydrogen) atoms. The highest BCUT2D eigenvalue weighted by molar-refractivity contribution is 6.00. The Kier molecular flexibility index (Phi) is 2.52. The van der Waals surface area contributed by atoms with Gasteiger partial charge in [-0.3, -0.25) is 4.98 Å². The van der Waals surface area contributed by atoms with Crippen LogP contribution in [-0.4, -0.2) is 21.0 Å².